The van der Waals surface area contributed by atoms with E-state index in [-0.39, 0.29) is 39.1 Å². The zero-order chi connectivity index (χ0) is 18.4. The molecule has 0 unspecified atom stereocenters. The van der Waals surface area contributed by atoms with Crippen molar-refractivity contribution < 1.29 is 18.1 Å². The summed E-state index contributed by atoms with van der Waals surface area (Å²) in [6.07, 6.45) is 0.398. The summed E-state index contributed by atoms with van der Waals surface area (Å²) in [5, 5.41) is 0. The van der Waals surface area contributed by atoms with Crippen LogP contribution in [0.2, 0.25) is 0 Å². The molecule has 0 rings (SSSR count). The number of phosphoric acid groups is 1. The lowest BCUT2D eigenvalue weighted by atomic mass is 10.5. The average molecular weight is 668 g/mol. The molecule has 0 aliphatic rings. The summed E-state index contributed by atoms with van der Waals surface area (Å²) in [5.74, 6) is 0. The Morgan fingerprint density at radius 1 is 0.652 bits per heavy atom. The third kappa shape index (κ3) is 18.4. The second-order valence-corrected chi connectivity index (χ2v) is 17.0. The molecule has 0 N–H and O–H groups in total. The van der Waals surface area contributed by atoms with Crippen LogP contribution in [0.5, 0.6) is 0 Å². The van der Waals surface area contributed by atoms with E-state index >= 15 is 0 Å². The van der Waals surface area contributed by atoms with Crippen molar-refractivity contribution in [1.29, 1.82) is 0 Å². The summed E-state index contributed by atoms with van der Waals surface area (Å²) in [6, 6.07) is 0. The fourth-order valence-corrected chi connectivity index (χ4v) is 3.05. The average Bonchev–Trinajstić information content (AvgIpc) is 2.22. The summed E-state index contributed by atoms with van der Waals surface area (Å²) in [6.45, 7) is -0.256. The van der Waals surface area contributed by atoms with Gasteiger partial charge in [0.2, 0.25) is 0 Å². The highest BCUT2D eigenvalue weighted by atomic mass is 79.9. The van der Waals surface area contributed by atoms with E-state index in [9.17, 15) is 4.57 Å². The topological polar surface area (TPSA) is 44.8 Å². The number of alkyl halides is 9. The zero-order valence-electron chi connectivity index (χ0n) is 11.2. The first-order valence-electron chi connectivity index (χ1n) is 5.86. The second-order valence-electron chi connectivity index (χ2n) is 4.04. The summed E-state index contributed by atoms with van der Waals surface area (Å²) in [4.78, 5) is 0. The summed E-state index contributed by atoms with van der Waals surface area (Å²) < 4.78 is 24.3. The highest BCUT2D eigenvalue weighted by molar-refractivity contribution is 9.11. The molecule has 0 aromatic rings. The molecule has 140 valence electrons. The largest absolute Gasteiger partial charge is 0.474 e. The lowest BCUT2D eigenvalue weighted by Crippen LogP contribution is -2.13. The number of rotatable bonds is 12. The first kappa shape index (κ1) is 26.3. The van der Waals surface area contributed by atoms with Crippen LogP contribution in [0.15, 0.2) is 0 Å². The molecule has 0 aliphatic heterocycles. The fraction of sp³-hybridized carbons (Fsp3) is 1.00. The van der Waals surface area contributed by atoms with Gasteiger partial charge >= 0.3 is 7.82 Å². The molecule has 0 bridgehead atoms. The van der Waals surface area contributed by atoms with Crippen molar-refractivity contribution in [3.8, 4) is 0 Å². The minimum atomic E-state index is -3.89. The van der Waals surface area contributed by atoms with E-state index in [1.807, 2.05) is 0 Å². The Bertz CT molecular complexity index is 341. The molecule has 0 heterocycles. The highest BCUT2D eigenvalue weighted by Crippen LogP contribution is 2.51. The van der Waals surface area contributed by atoms with Crippen molar-refractivity contribution in [2.75, 3.05) is 19.8 Å². The van der Waals surface area contributed by atoms with Gasteiger partial charge in [-0.25, -0.2) is 4.57 Å². The maximum Gasteiger partial charge on any atom is 0.474 e. The second kappa shape index (κ2) is 11.3. The van der Waals surface area contributed by atoms with E-state index in [0.717, 1.165) is 0 Å². The lowest BCUT2D eigenvalue weighted by molar-refractivity contribution is 0.111. The van der Waals surface area contributed by atoms with Gasteiger partial charge < -0.3 is 0 Å². The van der Waals surface area contributed by atoms with Gasteiger partial charge in [-0.2, -0.15) is 0 Å². The smallest absolute Gasteiger partial charge is 0.287 e. The fourth-order valence-electron chi connectivity index (χ4n) is 0.931. The maximum atomic E-state index is 12.5. The Hall–Kier alpha value is 3.29. The Labute approximate surface area is 190 Å². The van der Waals surface area contributed by atoms with Crippen LogP contribution in [-0.4, -0.2) is 29.5 Å². The molecule has 0 fully saturated rings. The Morgan fingerprint density at radius 3 is 1.04 bits per heavy atom. The zero-order valence-corrected chi connectivity index (χ0v) is 21.4. The van der Waals surface area contributed by atoms with E-state index in [0.29, 0.717) is 0 Å². The molecule has 23 heavy (non-hydrogen) atoms. The third-order valence-electron chi connectivity index (χ3n) is 1.90. The molecule has 0 aromatic carbocycles. The van der Waals surface area contributed by atoms with Crippen LogP contribution in [-0.2, 0) is 18.1 Å². The monoisotopic (exact) mass is 662 g/mol. The normalized spacial score (nSPS) is 14.3. The van der Waals surface area contributed by atoms with Crippen LogP contribution >= 0.6 is 125 Å². The van der Waals surface area contributed by atoms with Crippen molar-refractivity contribution in [3.05, 3.63) is 0 Å². The number of hydrogen-bond donors (Lipinski definition) is 0. The molecule has 0 aliphatic carbocycles. The first-order chi connectivity index (χ1) is 10.1. The predicted octanol–water partition coefficient (Wildman–Crippen LogP) is 7.89. The molecule has 0 saturated carbocycles. The van der Waals surface area contributed by atoms with Gasteiger partial charge in [-0.3, -0.25) is 13.6 Å². The summed E-state index contributed by atoms with van der Waals surface area (Å²) >= 11 is 43.4. The standard InChI is InChI=1S/C9H12Br3Cl6O4P/c10-7(13,14)1-4-20-23(19,21-5-2-8(11,15)16)22-6-3-9(12,17)18/h1-6H2. The summed E-state index contributed by atoms with van der Waals surface area (Å²) in [5.41, 5.74) is 0. The molecule has 0 aromatic heterocycles. The van der Waals surface area contributed by atoms with Crippen LogP contribution in [0, 0.1) is 0 Å². The van der Waals surface area contributed by atoms with Crippen LogP contribution in [0.4, 0.5) is 0 Å². The Balaban J connectivity index is 4.53. The van der Waals surface area contributed by atoms with Crippen LogP contribution in [0.25, 0.3) is 0 Å². The van der Waals surface area contributed by atoms with Gasteiger partial charge in [0.1, 0.15) is 0 Å². The third-order valence-corrected chi connectivity index (χ3v) is 5.72. The first-order valence-corrected chi connectivity index (χ1v) is 12.0. The molecule has 0 amide bonds. The van der Waals surface area contributed by atoms with Gasteiger partial charge in [-0.1, -0.05) is 69.6 Å². The summed E-state index contributed by atoms with van der Waals surface area (Å²) in [7, 11) is -3.89. The van der Waals surface area contributed by atoms with Crippen LogP contribution < -0.4 is 0 Å². The van der Waals surface area contributed by atoms with Crippen molar-refractivity contribution in [1.82, 2.24) is 0 Å². The molecule has 0 radical (unpaired) electrons. The van der Waals surface area contributed by atoms with Gasteiger partial charge in [0.25, 0.3) is 0 Å². The minimum Gasteiger partial charge on any atom is -0.287 e. The van der Waals surface area contributed by atoms with E-state index in [1.165, 1.54) is 0 Å². The van der Waals surface area contributed by atoms with E-state index in [1.54, 1.807) is 0 Å². The lowest BCUT2D eigenvalue weighted by Gasteiger charge is -2.21. The van der Waals surface area contributed by atoms with Gasteiger partial charge in [-0.15, -0.1) is 0 Å². The molecule has 0 atom stereocenters. The van der Waals surface area contributed by atoms with Crippen molar-refractivity contribution in [2.45, 2.75) is 29.0 Å². The Kier molecular flexibility index (Phi) is 13.0. The highest BCUT2D eigenvalue weighted by Gasteiger charge is 2.31. The van der Waals surface area contributed by atoms with E-state index in [2.05, 4.69) is 47.8 Å². The molecule has 0 saturated heterocycles. The van der Waals surface area contributed by atoms with E-state index in [4.69, 9.17) is 83.2 Å². The van der Waals surface area contributed by atoms with E-state index < -0.39 is 17.6 Å². The van der Waals surface area contributed by atoms with Crippen molar-refractivity contribution >= 4 is 125 Å². The predicted molar refractivity (Wildman–Crippen MR) is 109 cm³/mol. The van der Waals surface area contributed by atoms with Crippen LogP contribution in [0.1, 0.15) is 19.3 Å². The Morgan fingerprint density at radius 2 is 0.870 bits per heavy atom. The SMILES string of the molecule is O=P(OCCC(Cl)(Cl)Br)(OCCC(Cl)(Cl)Br)OCCC(Cl)(Cl)Br. The quantitative estimate of drug-likeness (QED) is 0.157. The number of halogens is 9. The van der Waals surface area contributed by atoms with Gasteiger partial charge in [0.05, 0.1) is 19.8 Å². The van der Waals surface area contributed by atoms with Crippen LogP contribution in [0.3, 0.4) is 0 Å². The van der Waals surface area contributed by atoms with Crippen molar-refractivity contribution in [3.63, 3.8) is 0 Å². The van der Waals surface area contributed by atoms with Gasteiger partial charge in [-0.05, 0) is 47.8 Å². The number of phosphoric ester groups is 1. The molecule has 14 heteroatoms. The minimum absolute atomic E-state index is 0.0854. The number of hydrogen-bond acceptors (Lipinski definition) is 4. The molecular formula is C9H12Br3Cl6O4P. The maximum absolute atomic E-state index is 12.5. The molecule has 4 nitrogen and oxygen atoms in total. The van der Waals surface area contributed by atoms with Gasteiger partial charge in [0, 0.05) is 19.3 Å². The van der Waals surface area contributed by atoms with Crippen molar-refractivity contribution in [2.24, 2.45) is 0 Å². The molecule has 0 spiro atoms. The molecular weight excluding hydrogens is 655 g/mol. The van der Waals surface area contributed by atoms with Gasteiger partial charge in [0.15, 0.2) is 9.73 Å².